The van der Waals surface area contributed by atoms with E-state index < -0.39 is 29.8 Å². The molecular weight excluding hydrogens is 192 g/mol. The molecule has 0 heterocycles. The molecule has 1 atom stereocenters. The minimum absolute atomic E-state index is 0.676. The number of hydrogen-bond acceptors (Lipinski definition) is 6. The van der Waals surface area contributed by atoms with Crippen LogP contribution in [0.5, 0.6) is 0 Å². The number of esters is 3. The second-order valence-electron chi connectivity index (χ2n) is 2.52. The van der Waals surface area contributed by atoms with Gasteiger partial charge in [0.25, 0.3) is 0 Å². The van der Waals surface area contributed by atoms with Crippen LogP contribution in [0.2, 0.25) is 0 Å². The second kappa shape index (κ2) is 5.11. The Hall–Kier alpha value is -1.72. The van der Waals surface area contributed by atoms with Crippen LogP contribution in [0.4, 0.5) is 0 Å². The van der Waals surface area contributed by atoms with Gasteiger partial charge in [-0.05, 0) is 6.92 Å². The molecule has 0 aliphatic carbocycles. The standard InChI is InChI=1S/C8H10O6/c1-4(9)7(11)14-8(12)5(2)13-6(3)10/h5H,1-3H3. The average molecular weight is 202 g/mol. The number of ketones is 1. The maximum Gasteiger partial charge on any atom is 0.382 e. The van der Waals surface area contributed by atoms with Crippen LogP contribution in [0.1, 0.15) is 20.8 Å². The van der Waals surface area contributed by atoms with Crippen LogP contribution < -0.4 is 0 Å². The fraction of sp³-hybridized carbons (Fsp3) is 0.500. The molecule has 0 fully saturated rings. The zero-order chi connectivity index (χ0) is 11.3. The zero-order valence-corrected chi connectivity index (χ0v) is 8.03. The summed E-state index contributed by atoms with van der Waals surface area (Å²) in [5, 5.41) is 0. The van der Waals surface area contributed by atoms with Gasteiger partial charge in [0, 0.05) is 13.8 Å². The molecular formula is C8H10O6. The summed E-state index contributed by atoms with van der Waals surface area (Å²) >= 11 is 0. The van der Waals surface area contributed by atoms with Crippen LogP contribution in [0.3, 0.4) is 0 Å². The van der Waals surface area contributed by atoms with E-state index in [9.17, 15) is 19.2 Å². The van der Waals surface area contributed by atoms with Crippen LogP contribution in [-0.2, 0) is 28.7 Å². The van der Waals surface area contributed by atoms with E-state index in [0.29, 0.717) is 0 Å². The summed E-state index contributed by atoms with van der Waals surface area (Å²) in [5.74, 6) is -3.91. The molecule has 0 spiro atoms. The molecule has 14 heavy (non-hydrogen) atoms. The lowest BCUT2D eigenvalue weighted by molar-refractivity contribution is -0.173. The van der Waals surface area contributed by atoms with E-state index in [2.05, 4.69) is 9.47 Å². The van der Waals surface area contributed by atoms with Crippen LogP contribution in [-0.4, -0.2) is 29.8 Å². The first-order valence-corrected chi connectivity index (χ1v) is 3.78. The summed E-state index contributed by atoms with van der Waals surface area (Å²) in [6.07, 6.45) is -1.20. The highest BCUT2D eigenvalue weighted by atomic mass is 16.6. The van der Waals surface area contributed by atoms with Gasteiger partial charge >= 0.3 is 17.9 Å². The van der Waals surface area contributed by atoms with Crippen molar-refractivity contribution < 1.29 is 28.7 Å². The maximum absolute atomic E-state index is 10.9. The molecule has 0 saturated heterocycles. The predicted molar refractivity (Wildman–Crippen MR) is 43.0 cm³/mol. The lowest BCUT2D eigenvalue weighted by Crippen LogP contribution is -2.29. The summed E-state index contributed by atoms with van der Waals surface area (Å²) in [5.41, 5.74) is 0. The molecule has 0 aliphatic heterocycles. The molecule has 0 aromatic heterocycles. The van der Waals surface area contributed by atoms with E-state index >= 15 is 0 Å². The Bertz CT molecular complexity index is 280. The van der Waals surface area contributed by atoms with E-state index in [1.165, 1.54) is 6.92 Å². The highest BCUT2D eigenvalue weighted by Crippen LogP contribution is 1.96. The topological polar surface area (TPSA) is 86.7 Å². The monoisotopic (exact) mass is 202 g/mol. The molecule has 78 valence electrons. The third kappa shape index (κ3) is 4.34. The highest BCUT2D eigenvalue weighted by molar-refractivity contribution is 6.34. The van der Waals surface area contributed by atoms with Crippen molar-refractivity contribution in [3.63, 3.8) is 0 Å². The van der Waals surface area contributed by atoms with Gasteiger partial charge in [-0.25, -0.2) is 9.59 Å². The lowest BCUT2D eigenvalue weighted by Gasteiger charge is -2.08. The Morgan fingerprint density at radius 3 is 1.93 bits per heavy atom. The molecule has 0 amide bonds. The smallest absolute Gasteiger partial charge is 0.382 e. The number of carbonyl (C=O) groups excluding carboxylic acids is 4. The predicted octanol–water partition coefficient (Wildman–Crippen LogP) is -0.403. The van der Waals surface area contributed by atoms with E-state index in [4.69, 9.17) is 0 Å². The van der Waals surface area contributed by atoms with Crippen LogP contribution in [0, 0.1) is 0 Å². The van der Waals surface area contributed by atoms with Crippen molar-refractivity contribution in [2.75, 3.05) is 0 Å². The van der Waals surface area contributed by atoms with Crippen molar-refractivity contribution in [3.8, 4) is 0 Å². The van der Waals surface area contributed by atoms with Crippen LogP contribution >= 0.6 is 0 Å². The first kappa shape index (κ1) is 12.3. The van der Waals surface area contributed by atoms with Crippen LogP contribution in [0.25, 0.3) is 0 Å². The Morgan fingerprint density at radius 2 is 1.57 bits per heavy atom. The van der Waals surface area contributed by atoms with Crippen molar-refractivity contribution in [3.05, 3.63) is 0 Å². The summed E-state index contributed by atoms with van der Waals surface area (Å²) in [6.45, 7) is 3.31. The second-order valence-corrected chi connectivity index (χ2v) is 2.52. The third-order valence-electron chi connectivity index (χ3n) is 1.16. The Labute approximate surface area is 80.2 Å². The van der Waals surface area contributed by atoms with Gasteiger partial charge in [-0.2, -0.15) is 0 Å². The quantitative estimate of drug-likeness (QED) is 0.351. The molecule has 1 unspecified atom stereocenters. The van der Waals surface area contributed by atoms with Gasteiger partial charge < -0.3 is 9.47 Å². The minimum atomic E-state index is -1.27. The minimum Gasteiger partial charge on any atom is -0.451 e. The van der Waals surface area contributed by atoms with Crippen molar-refractivity contribution in [2.24, 2.45) is 0 Å². The SMILES string of the molecule is CC(=O)OC(C)C(=O)OC(=O)C(C)=O. The lowest BCUT2D eigenvalue weighted by atomic mass is 10.4. The van der Waals surface area contributed by atoms with E-state index in [1.807, 2.05) is 0 Å². The molecule has 6 nitrogen and oxygen atoms in total. The summed E-state index contributed by atoms with van der Waals surface area (Å²) in [6, 6.07) is 0. The molecule has 6 heteroatoms. The number of carbonyl (C=O) groups is 4. The normalized spacial score (nSPS) is 11.4. The van der Waals surface area contributed by atoms with Gasteiger partial charge in [0.15, 0.2) is 6.10 Å². The molecule has 0 N–H and O–H groups in total. The van der Waals surface area contributed by atoms with Gasteiger partial charge in [0.2, 0.25) is 5.78 Å². The fourth-order valence-corrected chi connectivity index (χ4v) is 0.543. The molecule has 0 aromatic rings. The van der Waals surface area contributed by atoms with Crippen molar-refractivity contribution in [1.29, 1.82) is 0 Å². The molecule has 0 aliphatic rings. The number of Topliss-reactive ketones (excluding diaryl/α,β-unsaturated/α-hetero) is 1. The Kier molecular flexibility index (Phi) is 4.48. The third-order valence-corrected chi connectivity index (χ3v) is 1.16. The maximum atomic E-state index is 10.9. The van der Waals surface area contributed by atoms with Crippen LogP contribution in [0.15, 0.2) is 0 Å². The van der Waals surface area contributed by atoms with E-state index in [1.54, 1.807) is 0 Å². The van der Waals surface area contributed by atoms with Gasteiger partial charge in [-0.1, -0.05) is 0 Å². The average Bonchev–Trinajstić information content (AvgIpc) is 2.02. The van der Waals surface area contributed by atoms with Crippen molar-refractivity contribution in [1.82, 2.24) is 0 Å². The molecule has 0 saturated carbocycles. The Balaban J connectivity index is 4.14. The number of hydrogen-bond donors (Lipinski definition) is 0. The molecule has 0 bridgehead atoms. The van der Waals surface area contributed by atoms with E-state index in [0.717, 1.165) is 13.8 Å². The number of rotatable bonds is 3. The zero-order valence-electron chi connectivity index (χ0n) is 8.03. The Morgan fingerprint density at radius 1 is 1.07 bits per heavy atom. The van der Waals surface area contributed by atoms with Crippen molar-refractivity contribution >= 4 is 23.7 Å². The van der Waals surface area contributed by atoms with Gasteiger partial charge in [-0.15, -0.1) is 0 Å². The first-order valence-electron chi connectivity index (χ1n) is 3.78. The first-order chi connectivity index (χ1) is 6.34. The molecule has 0 rings (SSSR count). The summed E-state index contributed by atoms with van der Waals surface area (Å²) < 4.78 is 8.49. The van der Waals surface area contributed by atoms with Gasteiger partial charge in [0.05, 0.1) is 0 Å². The fourth-order valence-electron chi connectivity index (χ4n) is 0.543. The number of ether oxygens (including phenoxy) is 2. The van der Waals surface area contributed by atoms with E-state index in [-0.39, 0.29) is 0 Å². The van der Waals surface area contributed by atoms with Gasteiger partial charge in [-0.3, -0.25) is 9.59 Å². The largest absolute Gasteiger partial charge is 0.451 e. The highest BCUT2D eigenvalue weighted by Gasteiger charge is 2.22. The van der Waals surface area contributed by atoms with Crippen molar-refractivity contribution in [2.45, 2.75) is 26.9 Å². The van der Waals surface area contributed by atoms with Gasteiger partial charge in [0.1, 0.15) is 0 Å². The molecule has 0 aromatic carbocycles. The summed E-state index contributed by atoms with van der Waals surface area (Å²) in [7, 11) is 0. The summed E-state index contributed by atoms with van der Waals surface area (Å²) in [4.78, 5) is 42.3. The molecule has 0 radical (unpaired) electrons.